The van der Waals surface area contributed by atoms with Gasteiger partial charge in [0.2, 0.25) is 0 Å². The number of halogens is 1. The fraction of sp³-hybridized carbons (Fsp3) is 1.00. The predicted octanol–water partition coefficient (Wildman–Crippen LogP) is 3.00. The van der Waals surface area contributed by atoms with Crippen molar-refractivity contribution in [3.63, 3.8) is 0 Å². The number of rotatable bonds is 7. The van der Waals surface area contributed by atoms with E-state index in [1.54, 1.807) is 0 Å². The van der Waals surface area contributed by atoms with Gasteiger partial charge in [0.25, 0.3) is 0 Å². The van der Waals surface area contributed by atoms with Crippen molar-refractivity contribution < 1.29 is 8.42 Å². The summed E-state index contributed by atoms with van der Waals surface area (Å²) in [7, 11) is -2.79. The fourth-order valence-corrected chi connectivity index (χ4v) is 4.26. The molecule has 1 aliphatic carbocycles. The van der Waals surface area contributed by atoms with Crippen LogP contribution in [-0.2, 0) is 9.84 Å². The van der Waals surface area contributed by atoms with Gasteiger partial charge in [0.05, 0.1) is 11.5 Å². The molecule has 2 nitrogen and oxygen atoms in total. The van der Waals surface area contributed by atoms with Gasteiger partial charge in [0.1, 0.15) is 0 Å². The van der Waals surface area contributed by atoms with E-state index >= 15 is 0 Å². The lowest BCUT2D eigenvalue weighted by molar-refractivity contribution is 0.555. The van der Waals surface area contributed by atoms with E-state index < -0.39 is 9.84 Å². The average molecular weight is 253 g/mol. The Morgan fingerprint density at radius 2 is 1.73 bits per heavy atom. The Morgan fingerprint density at radius 1 is 1.07 bits per heavy atom. The Hall–Kier alpha value is 0.240. The molecule has 0 spiro atoms. The molecule has 0 unspecified atom stereocenters. The molecule has 0 aliphatic heterocycles. The van der Waals surface area contributed by atoms with E-state index in [1.165, 1.54) is 12.8 Å². The minimum absolute atomic E-state index is 0.361. The maximum Gasteiger partial charge on any atom is 0.150 e. The molecule has 1 saturated carbocycles. The third-order valence-electron chi connectivity index (χ3n) is 3.05. The largest absolute Gasteiger partial charge is 0.229 e. The van der Waals surface area contributed by atoms with Gasteiger partial charge in [-0.1, -0.05) is 19.3 Å². The SMILES string of the molecule is O=S(=O)(CCCCCCl)CC1CCCC1. The summed E-state index contributed by atoms with van der Waals surface area (Å²) in [5.41, 5.74) is 0. The van der Waals surface area contributed by atoms with E-state index in [4.69, 9.17) is 11.6 Å². The first-order valence-corrected chi connectivity index (χ1v) is 8.26. The minimum atomic E-state index is -2.79. The molecule has 15 heavy (non-hydrogen) atoms. The van der Waals surface area contributed by atoms with E-state index in [0.29, 0.717) is 23.3 Å². The highest BCUT2D eigenvalue weighted by Gasteiger charge is 2.21. The van der Waals surface area contributed by atoms with Crippen molar-refractivity contribution in [1.29, 1.82) is 0 Å². The van der Waals surface area contributed by atoms with Crippen LogP contribution in [0.2, 0.25) is 0 Å². The molecule has 0 aromatic heterocycles. The molecule has 0 bridgehead atoms. The summed E-state index contributed by atoms with van der Waals surface area (Å²) in [6.07, 6.45) is 7.30. The van der Waals surface area contributed by atoms with Crippen LogP contribution in [-0.4, -0.2) is 25.8 Å². The van der Waals surface area contributed by atoms with Crippen molar-refractivity contribution in [1.82, 2.24) is 0 Å². The Kier molecular flexibility index (Phi) is 5.98. The molecule has 0 aromatic rings. The Balaban J connectivity index is 2.19. The van der Waals surface area contributed by atoms with Crippen molar-refractivity contribution >= 4 is 21.4 Å². The van der Waals surface area contributed by atoms with Crippen LogP contribution >= 0.6 is 11.6 Å². The fourth-order valence-electron chi connectivity index (χ4n) is 2.21. The molecule has 0 N–H and O–H groups in total. The molecular weight excluding hydrogens is 232 g/mol. The lowest BCUT2D eigenvalue weighted by atomic mass is 10.1. The zero-order valence-electron chi connectivity index (χ0n) is 9.25. The number of unbranched alkanes of at least 4 members (excludes halogenated alkanes) is 2. The first kappa shape index (κ1) is 13.3. The number of alkyl halides is 1. The molecular formula is C11H21ClO2S. The van der Waals surface area contributed by atoms with E-state index in [9.17, 15) is 8.42 Å². The lowest BCUT2D eigenvalue weighted by Gasteiger charge is -2.09. The quantitative estimate of drug-likeness (QED) is 0.516. The summed E-state index contributed by atoms with van der Waals surface area (Å²) in [5.74, 6) is 1.87. The molecule has 0 saturated heterocycles. The molecule has 1 rings (SSSR count). The van der Waals surface area contributed by atoms with Crippen LogP contribution in [0, 0.1) is 5.92 Å². The smallest absolute Gasteiger partial charge is 0.150 e. The lowest BCUT2D eigenvalue weighted by Crippen LogP contribution is -2.17. The van der Waals surface area contributed by atoms with Crippen LogP contribution < -0.4 is 0 Å². The number of hydrogen-bond donors (Lipinski definition) is 0. The number of hydrogen-bond acceptors (Lipinski definition) is 2. The predicted molar refractivity (Wildman–Crippen MR) is 65.2 cm³/mol. The second kappa shape index (κ2) is 6.74. The van der Waals surface area contributed by atoms with Crippen LogP contribution in [0.15, 0.2) is 0 Å². The van der Waals surface area contributed by atoms with Crippen molar-refractivity contribution in [3.05, 3.63) is 0 Å². The van der Waals surface area contributed by atoms with Crippen LogP contribution in [0.5, 0.6) is 0 Å². The van der Waals surface area contributed by atoms with Crippen LogP contribution in [0.3, 0.4) is 0 Å². The van der Waals surface area contributed by atoms with Gasteiger partial charge in [-0.25, -0.2) is 8.42 Å². The third kappa shape index (κ3) is 5.76. The summed E-state index contributed by atoms with van der Waals surface area (Å²) < 4.78 is 23.4. The van der Waals surface area contributed by atoms with Gasteiger partial charge in [0.15, 0.2) is 9.84 Å². The molecule has 1 fully saturated rings. The second-order valence-electron chi connectivity index (χ2n) is 4.51. The highest BCUT2D eigenvalue weighted by atomic mass is 35.5. The van der Waals surface area contributed by atoms with Crippen molar-refractivity contribution in [3.8, 4) is 0 Å². The topological polar surface area (TPSA) is 34.1 Å². The summed E-state index contributed by atoms with van der Waals surface area (Å²) in [5, 5.41) is 0. The summed E-state index contributed by atoms with van der Waals surface area (Å²) in [6, 6.07) is 0. The zero-order valence-corrected chi connectivity index (χ0v) is 10.8. The van der Waals surface area contributed by atoms with E-state index in [1.807, 2.05) is 0 Å². The average Bonchev–Trinajstić information content (AvgIpc) is 2.64. The monoisotopic (exact) mass is 252 g/mol. The molecule has 0 heterocycles. The Morgan fingerprint density at radius 3 is 2.33 bits per heavy atom. The molecule has 4 heteroatoms. The van der Waals surface area contributed by atoms with Gasteiger partial charge in [-0.2, -0.15) is 0 Å². The minimum Gasteiger partial charge on any atom is -0.229 e. The summed E-state index contributed by atoms with van der Waals surface area (Å²) in [6.45, 7) is 0. The van der Waals surface area contributed by atoms with Crippen LogP contribution in [0.25, 0.3) is 0 Å². The third-order valence-corrected chi connectivity index (χ3v) is 5.21. The molecule has 90 valence electrons. The van der Waals surface area contributed by atoms with Gasteiger partial charge < -0.3 is 0 Å². The molecule has 0 amide bonds. The van der Waals surface area contributed by atoms with Gasteiger partial charge in [0, 0.05) is 5.88 Å². The van der Waals surface area contributed by atoms with Gasteiger partial charge in [-0.15, -0.1) is 11.6 Å². The van der Waals surface area contributed by atoms with Gasteiger partial charge >= 0.3 is 0 Å². The summed E-state index contributed by atoms with van der Waals surface area (Å²) >= 11 is 5.54. The normalized spacial score (nSPS) is 18.5. The molecule has 0 atom stereocenters. The van der Waals surface area contributed by atoms with E-state index in [2.05, 4.69) is 0 Å². The molecule has 1 aliphatic rings. The second-order valence-corrected chi connectivity index (χ2v) is 7.12. The van der Waals surface area contributed by atoms with Gasteiger partial charge in [-0.3, -0.25) is 0 Å². The zero-order chi connectivity index (χ0) is 11.1. The standard InChI is InChI=1S/C11H21ClO2S/c12-8-4-1-5-9-15(13,14)10-11-6-2-3-7-11/h11H,1-10H2. The maximum absolute atomic E-state index is 11.7. The van der Waals surface area contributed by atoms with Crippen LogP contribution in [0.1, 0.15) is 44.9 Å². The Labute approximate surface area is 98.3 Å². The first-order valence-electron chi connectivity index (χ1n) is 5.90. The molecule has 0 radical (unpaired) electrons. The molecule has 0 aromatic carbocycles. The van der Waals surface area contributed by atoms with Crippen molar-refractivity contribution in [2.75, 3.05) is 17.4 Å². The van der Waals surface area contributed by atoms with E-state index in [-0.39, 0.29) is 0 Å². The van der Waals surface area contributed by atoms with Gasteiger partial charge in [-0.05, 0) is 31.6 Å². The Bertz CT molecular complexity index is 256. The maximum atomic E-state index is 11.7. The number of sulfone groups is 1. The first-order chi connectivity index (χ1) is 7.14. The van der Waals surface area contributed by atoms with E-state index in [0.717, 1.165) is 32.1 Å². The highest BCUT2D eigenvalue weighted by Crippen LogP contribution is 2.26. The summed E-state index contributed by atoms with van der Waals surface area (Å²) in [4.78, 5) is 0. The highest BCUT2D eigenvalue weighted by molar-refractivity contribution is 7.91. The van der Waals surface area contributed by atoms with Crippen LogP contribution in [0.4, 0.5) is 0 Å². The van der Waals surface area contributed by atoms with Crippen molar-refractivity contribution in [2.24, 2.45) is 5.92 Å². The van der Waals surface area contributed by atoms with Crippen molar-refractivity contribution in [2.45, 2.75) is 44.9 Å².